The molecule has 4 aromatic carbocycles. The van der Waals surface area contributed by atoms with Gasteiger partial charge in [0.1, 0.15) is 45.8 Å². The summed E-state index contributed by atoms with van der Waals surface area (Å²) < 4.78 is 164. The van der Waals surface area contributed by atoms with E-state index in [1.165, 1.54) is 54.9 Å². The quantitative estimate of drug-likeness (QED) is 0.0328. The van der Waals surface area contributed by atoms with Crippen LogP contribution in [0.25, 0.3) is 34.1 Å². The number of hydrogen-bond acceptors (Lipinski definition) is 13. The second-order valence-electron chi connectivity index (χ2n) is 15.3. The van der Waals surface area contributed by atoms with Gasteiger partial charge in [0.15, 0.2) is 11.6 Å². The summed E-state index contributed by atoms with van der Waals surface area (Å²) >= 11 is 4.30. The number of ether oxygens (including phenoxy) is 2. The first-order chi connectivity index (χ1) is 36.4. The summed E-state index contributed by atoms with van der Waals surface area (Å²) in [6, 6.07) is 25.2. The number of aliphatic hydroxyl groups excluding tert-OH is 1. The number of aliphatic imine (C=N–C) groups is 1. The summed E-state index contributed by atoms with van der Waals surface area (Å²) in [6.07, 6.45) is -13.6. The van der Waals surface area contributed by atoms with Gasteiger partial charge in [-0.1, -0.05) is 7.43 Å². The van der Waals surface area contributed by atoms with E-state index in [1.54, 1.807) is 61.1 Å². The molecule has 28 heteroatoms. The third kappa shape index (κ3) is 15.8. The number of halogens is 12. The molecule has 0 spiro atoms. The molecule has 0 atom stereocenters. The van der Waals surface area contributed by atoms with E-state index in [9.17, 15) is 52.7 Å². The Hall–Kier alpha value is -9.01. The van der Waals surface area contributed by atoms with Gasteiger partial charge in [-0.3, -0.25) is 9.97 Å². The molecule has 0 aliphatic heterocycles. The second kappa shape index (κ2) is 25.2. The first-order valence-corrected chi connectivity index (χ1v) is 22.0. The molecule has 15 nitrogen and oxygen atoms in total. The number of isothiocyanates is 1. The Labute approximate surface area is 439 Å². The van der Waals surface area contributed by atoms with E-state index in [2.05, 4.69) is 67.9 Å². The van der Waals surface area contributed by atoms with Crippen LogP contribution in [0.5, 0.6) is 23.0 Å². The van der Waals surface area contributed by atoms with E-state index >= 15 is 0 Å². The number of aromatic amines is 2. The number of H-pyrrole nitrogens is 2. The van der Waals surface area contributed by atoms with Crippen LogP contribution in [0.2, 0.25) is 0 Å². The highest BCUT2D eigenvalue weighted by atomic mass is 32.1. The van der Waals surface area contributed by atoms with Gasteiger partial charge in [-0.05, 0) is 97.1 Å². The van der Waals surface area contributed by atoms with Crippen molar-refractivity contribution in [3.05, 3.63) is 156 Å². The summed E-state index contributed by atoms with van der Waals surface area (Å²) in [7, 11) is 4.50. The number of benzene rings is 4. The highest BCUT2D eigenvalue weighted by molar-refractivity contribution is 7.78. The van der Waals surface area contributed by atoms with Crippen LogP contribution in [0.4, 0.5) is 81.4 Å². The maximum atomic E-state index is 12.9. The number of alkyl halides is 12. The fourth-order valence-corrected chi connectivity index (χ4v) is 6.61. The Balaban J connectivity index is 0.000000235. The Bertz CT molecular complexity index is 3460. The number of hydrogen-bond donors (Lipinski definition) is 6. The van der Waals surface area contributed by atoms with E-state index in [0.29, 0.717) is 57.7 Å². The molecule has 5 heterocycles. The van der Waals surface area contributed by atoms with Crippen LogP contribution in [0.3, 0.4) is 0 Å². The van der Waals surface area contributed by atoms with Crippen molar-refractivity contribution in [3.63, 3.8) is 0 Å². The molecule has 5 aromatic heterocycles. The molecule has 0 aliphatic rings. The molecule has 0 saturated heterocycles. The number of thiocarbonyl (C=S) groups is 1. The standard InChI is InChI=1S/C24H16F6N6O.C16H14F3N5O.C8H4F3NS.CH4O.CH4/c1-36-19-7-6-15(10-17(19)34-22(36)33-14-4-2-13(3-5-14)23(25,26)27)37-16-8-9-31-18(11-16)21-32-12-20(35-21)24(28,29)30;1-21-12-3-2-9(6-11(12)20)25-10-4-5-22-13(7-10)15-23-8-14(24-15)16(17,18)19;9-8(10,11)6-1-3-7(4-2-6)12-5-13;1-2;/h2-12H,1H3,(H,32,35)(H,33,34);2-8,21H,20H2,1H3,(H,23,24);1-4H;2H,1H3;1H4. The summed E-state index contributed by atoms with van der Waals surface area (Å²) in [4.78, 5) is 27.9. The SMILES string of the molecule is C.CNc1ccc(Oc2ccnc(-c3ncc(C(F)(F)F)[nH]3)c2)cc1N.CO.Cn1c(Nc2ccc(C(F)(F)F)cc2)nc2cc(Oc3ccnc(-c4ncc(C(F)(F)F)[nH]4)c3)ccc21.FC(F)(F)c1ccc(N=C=S)cc1. The Morgan fingerprint density at radius 2 is 1.08 bits per heavy atom. The Kier molecular flexibility index (Phi) is 19.4. The number of fused-ring (bicyclic) bond motifs is 1. The maximum absolute atomic E-state index is 12.9. The van der Waals surface area contributed by atoms with Crippen molar-refractivity contribution in [1.82, 2.24) is 39.5 Å². The molecule has 0 unspecified atom stereocenters. The van der Waals surface area contributed by atoms with Gasteiger partial charge >= 0.3 is 24.7 Å². The van der Waals surface area contributed by atoms with Gasteiger partial charge in [0.2, 0.25) is 5.95 Å². The van der Waals surface area contributed by atoms with Crippen molar-refractivity contribution in [3.8, 4) is 46.0 Å². The molecular formula is C50H42F12N12O3S. The van der Waals surface area contributed by atoms with Crippen LogP contribution in [-0.2, 0) is 31.8 Å². The van der Waals surface area contributed by atoms with Crippen LogP contribution in [0.15, 0.2) is 139 Å². The number of pyridine rings is 2. The Morgan fingerprint density at radius 3 is 1.51 bits per heavy atom. The largest absolute Gasteiger partial charge is 0.457 e. The molecule has 0 aliphatic carbocycles. The van der Waals surface area contributed by atoms with E-state index in [-0.39, 0.29) is 30.5 Å². The van der Waals surface area contributed by atoms with Gasteiger partial charge < -0.3 is 45.5 Å². The zero-order chi connectivity index (χ0) is 56.3. The summed E-state index contributed by atoms with van der Waals surface area (Å²) in [5, 5.41) is 15.0. The fraction of sp³-hybridized carbons (Fsp3) is 0.160. The zero-order valence-corrected chi connectivity index (χ0v) is 40.4. The minimum absolute atomic E-state index is 0. The van der Waals surface area contributed by atoms with Gasteiger partial charge in [-0.2, -0.15) is 57.7 Å². The van der Waals surface area contributed by atoms with E-state index in [4.69, 9.17) is 20.3 Å². The number of aryl methyl sites for hydroxylation is 1. The topological polar surface area (TPSA) is 202 Å². The maximum Gasteiger partial charge on any atom is 0.432 e. The van der Waals surface area contributed by atoms with Crippen molar-refractivity contribution in [2.75, 3.05) is 30.5 Å². The van der Waals surface area contributed by atoms with E-state index in [1.807, 2.05) is 0 Å². The fourth-order valence-electron chi connectivity index (χ4n) is 6.51. The van der Waals surface area contributed by atoms with Crippen molar-refractivity contribution >= 4 is 57.1 Å². The lowest BCUT2D eigenvalue weighted by Gasteiger charge is -2.10. The van der Waals surface area contributed by atoms with Crippen molar-refractivity contribution in [2.24, 2.45) is 12.0 Å². The number of anilines is 4. The van der Waals surface area contributed by atoms with Crippen LogP contribution in [0.1, 0.15) is 29.9 Å². The molecule has 78 heavy (non-hydrogen) atoms. The third-order valence-corrected chi connectivity index (χ3v) is 10.3. The molecule has 7 N–H and O–H groups in total. The highest BCUT2D eigenvalue weighted by Gasteiger charge is 2.35. The van der Waals surface area contributed by atoms with Gasteiger partial charge in [0.25, 0.3) is 0 Å². The molecule has 9 aromatic rings. The minimum atomic E-state index is -4.56. The number of nitrogens with zero attached hydrogens (tertiary/aromatic N) is 7. The number of nitrogens with two attached hydrogens (primary N) is 1. The van der Waals surface area contributed by atoms with E-state index in [0.717, 1.165) is 48.8 Å². The number of nitrogens with one attached hydrogen (secondary N) is 4. The first-order valence-electron chi connectivity index (χ1n) is 21.6. The zero-order valence-electron chi connectivity index (χ0n) is 39.6. The number of rotatable bonds is 10. The van der Waals surface area contributed by atoms with Gasteiger partial charge in [0.05, 0.1) is 56.8 Å². The summed E-state index contributed by atoms with van der Waals surface area (Å²) in [5.74, 6) is 1.94. The third-order valence-electron chi connectivity index (χ3n) is 10.2. The monoisotopic (exact) mass is 1120 g/mol. The van der Waals surface area contributed by atoms with Crippen molar-refractivity contribution in [2.45, 2.75) is 32.1 Å². The van der Waals surface area contributed by atoms with Gasteiger partial charge in [-0.15, -0.1) is 0 Å². The number of aromatic nitrogens is 8. The second-order valence-corrected chi connectivity index (χ2v) is 15.5. The number of imidazole rings is 3. The number of aliphatic hydroxyl groups is 1. The molecule has 0 saturated carbocycles. The highest BCUT2D eigenvalue weighted by Crippen LogP contribution is 2.36. The Morgan fingerprint density at radius 1 is 0.615 bits per heavy atom. The van der Waals surface area contributed by atoms with Crippen LogP contribution in [-0.4, -0.2) is 63.9 Å². The smallest absolute Gasteiger partial charge is 0.432 e. The molecule has 0 amide bonds. The molecule has 0 radical (unpaired) electrons. The number of nitrogen functional groups attached to an aromatic ring is 1. The lowest BCUT2D eigenvalue weighted by molar-refractivity contribution is -0.141. The van der Waals surface area contributed by atoms with E-state index < -0.39 is 47.2 Å². The van der Waals surface area contributed by atoms with Crippen LogP contribution >= 0.6 is 12.2 Å². The average molecular weight is 1120 g/mol. The van der Waals surface area contributed by atoms with Crippen LogP contribution in [0, 0.1) is 0 Å². The minimum Gasteiger partial charge on any atom is -0.457 e. The normalized spacial score (nSPS) is 11.3. The lowest BCUT2D eigenvalue weighted by Crippen LogP contribution is -2.05. The molecule has 410 valence electrons. The summed E-state index contributed by atoms with van der Waals surface area (Å²) in [6.45, 7) is 0. The van der Waals surface area contributed by atoms with Gasteiger partial charge in [-0.25, -0.2) is 15.0 Å². The predicted octanol–water partition coefficient (Wildman–Crippen LogP) is 14.5. The van der Waals surface area contributed by atoms with Crippen LogP contribution < -0.4 is 25.8 Å². The molecule has 0 bridgehead atoms. The van der Waals surface area contributed by atoms with Gasteiger partial charge in [0, 0.05) is 63.6 Å². The lowest BCUT2D eigenvalue weighted by atomic mass is 10.2. The summed E-state index contributed by atoms with van der Waals surface area (Å²) in [5.41, 5.74) is 6.23. The predicted molar refractivity (Wildman–Crippen MR) is 271 cm³/mol. The van der Waals surface area contributed by atoms with Crippen molar-refractivity contribution in [1.29, 1.82) is 0 Å². The average Bonchev–Trinajstić information content (AvgIpc) is 4.17. The molecule has 9 rings (SSSR count). The van der Waals surface area contributed by atoms with Crippen molar-refractivity contribution < 1.29 is 67.3 Å². The first kappa shape index (κ1) is 59.9. The molecular weight excluding hydrogens is 1080 g/mol. The molecule has 0 fully saturated rings.